The van der Waals surface area contributed by atoms with Gasteiger partial charge in [-0.25, -0.2) is 5.43 Å². The average Bonchev–Trinajstić information content (AvgIpc) is 2.57. The van der Waals surface area contributed by atoms with E-state index in [4.69, 9.17) is 11.6 Å². The van der Waals surface area contributed by atoms with Gasteiger partial charge in [-0.1, -0.05) is 41.9 Å². The number of phenolic OH excluding ortho intramolecular Hbond substituents is 1. The number of aromatic hydroxyl groups is 1. The van der Waals surface area contributed by atoms with E-state index >= 15 is 0 Å². The molecule has 0 saturated heterocycles. The third kappa shape index (κ3) is 4.06. The van der Waals surface area contributed by atoms with Crippen molar-refractivity contribution < 1.29 is 19.9 Å². The summed E-state index contributed by atoms with van der Waals surface area (Å²) < 4.78 is 0. The summed E-state index contributed by atoms with van der Waals surface area (Å²) in [5.74, 6) is -1.43. The first-order chi connectivity index (χ1) is 11.4. The van der Waals surface area contributed by atoms with Gasteiger partial charge in [0.15, 0.2) is 6.10 Å². The van der Waals surface area contributed by atoms with Gasteiger partial charge in [0.05, 0.1) is 11.1 Å². The molecular formula is C15H12ClN3O5. The summed E-state index contributed by atoms with van der Waals surface area (Å²) in [5, 5.41) is 34.0. The molecule has 0 saturated carbocycles. The van der Waals surface area contributed by atoms with Crippen molar-refractivity contribution in [3.05, 3.63) is 68.7 Å². The van der Waals surface area contributed by atoms with Crippen LogP contribution >= 0.6 is 11.6 Å². The standard InChI is InChI=1S/C15H12ClN3O5/c16-11-6-10(13(20)12(7-11)19(23)24)8-17-18-15(22)14(21)9-4-2-1-3-5-9/h1-8,14,20-21H,(H,18,22)/b17-8+/t14-/m0/s1. The van der Waals surface area contributed by atoms with E-state index in [0.717, 1.165) is 12.3 Å². The molecule has 0 aliphatic heterocycles. The van der Waals surface area contributed by atoms with Gasteiger partial charge in [0, 0.05) is 16.7 Å². The molecule has 124 valence electrons. The van der Waals surface area contributed by atoms with Gasteiger partial charge in [-0.2, -0.15) is 5.10 Å². The van der Waals surface area contributed by atoms with E-state index in [1.807, 2.05) is 0 Å². The Balaban J connectivity index is 2.12. The maximum atomic E-state index is 11.8. The number of nitro benzene ring substituents is 1. The summed E-state index contributed by atoms with van der Waals surface area (Å²) in [4.78, 5) is 21.8. The van der Waals surface area contributed by atoms with Gasteiger partial charge in [0.25, 0.3) is 5.91 Å². The molecule has 0 aromatic heterocycles. The van der Waals surface area contributed by atoms with Crippen LogP contribution in [0.25, 0.3) is 0 Å². The zero-order chi connectivity index (χ0) is 17.7. The second kappa shape index (κ2) is 7.53. The molecule has 0 heterocycles. The smallest absolute Gasteiger partial charge is 0.312 e. The lowest BCUT2D eigenvalue weighted by molar-refractivity contribution is -0.385. The van der Waals surface area contributed by atoms with Gasteiger partial charge in [-0.05, 0) is 11.6 Å². The fourth-order valence-corrected chi connectivity index (χ4v) is 2.08. The number of hydrazone groups is 1. The fraction of sp³-hybridized carbons (Fsp3) is 0.0667. The van der Waals surface area contributed by atoms with Crippen molar-refractivity contribution in [3.63, 3.8) is 0 Å². The number of aliphatic hydroxyl groups is 1. The molecule has 0 spiro atoms. The molecule has 0 aliphatic rings. The Morgan fingerprint density at radius 2 is 2.00 bits per heavy atom. The predicted molar refractivity (Wildman–Crippen MR) is 86.9 cm³/mol. The first-order valence-corrected chi connectivity index (χ1v) is 7.00. The van der Waals surface area contributed by atoms with Crippen LogP contribution in [-0.4, -0.2) is 27.3 Å². The van der Waals surface area contributed by atoms with E-state index in [-0.39, 0.29) is 10.6 Å². The highest BCUT2D eigenvalue weighted by atomic mass is 35.5. The number of hydrogen-bond acceptors (Lipinski definition) is 6. The topological polar surface area (TPSA) is 125 Å². The number of carbonyl (C=O) groups excluding carboxylic acids is 1. The second-order valence-electron chi connectivity index (χ2n) is 4.67. The predicted octanol–water partition coefficient (Wildman–Crippen LogP) is 2.14. The number of carbonyl (C=O) groups is 1. The van der Waals surface area contributed by atoms with E-state index < -0.39 is 28.4 Å². The zero-order valence-electron chi connectivity index (χ0n) is 12.1. The Morgan fingerprint density at radius 3 is 2.62 bits per heavy atom. The van der Waals surface area contributed by atoms with Crippen molar-refractivity contribution in [2.45, 2.75) is 6.10 Å². The molecule has 0 unspecified atom stereocenters. The summed E-state index contributed by atoms with van der Waals surface area (Å²) in [6, 6.07) is 10.4. The van der Waals surface area contributed by atoms with E-state index in [9.17, 15) is 25.1 Å². The van der Waals surface area contributed by atoms with Crippen molar-refractivity contribution in [1.82, 2.24) is 5.43 Å². The van der Waals surface area contributed by atoms with Crippen LogP contribution in [0.3, 0.4) is 0 Å². The number of halogens is 1. The van der Waals surface area contributed by atoms with Crippen LogP contribution in [-0.2, 0) is 4.79 Å². The number of nitrogens with zero attached hydrogens (tertiary/aromatic N) is 2. The van der Waals surface area contributed by atoms with Gasteiger partial charge < -0.3 is 10.2 Å². The van der Waals surface area contributed by atoms with Gasteiger partial charge >= 0.3 is 5.69 Å². The molecule has 2 aromatic rings. The summed E-state index contributed by atoms with van der Waals surface area (Å²) in [5.41, 5.74) is 1.83. The van der Waals surface area contributed by atoms with Crippen LogP contribution in [0.4, 0.5) is 5.69 Å². The molecule has 0 fully saturated rings. The fourth-order valence-electron chi connectivity index (χ4n) is 1.86. The lowest BCUT2D eigenvalue weighted by Gasteiger charge is -2.08. The molecule has 9 heteroatoms. The summed E-state index contributed by atoms with van der Waals surface area (Å²) >= 11 is 5.73. The minimum absolute atomic E-state index is 0.0246. The van der Waals surface area contributed by atoms with Gasteiger partial charge in [-0.15, -0.1) is 0 Å². The van der Waals surface area contributed by atoms with Crippen LogP contribution in [0.15, 0.2) is 47.6 Å². The highest BCUT2D eigenvalue weighted by molar-refractivity contribution is 6.31. The Kier molecular flexibility index (Phi) is 5.46. The molecule has 2 rings (SSSR count). The van der Waals surface area contributed by atoms with Gasteiger partial charge in [-0.3, -0.25) is 14.9 Å². The molecule has 1 atom stereocenters. The molecule has 0 bridgehead atoms. The molecule has 1 amide bonds. The van der Waals surface area contributed by atoms with E-state index in [0.29, 0.717) is 5.56 Å². The van der Waals surface area contributed by atoms with Crippen molar-refractivity contribution >= 4 is 29.4 Å². The SMILES string of the molecule is O=C(N/N=C/c1cc(Cl)cc([N+](=O)[O-])c1O)[C@@H](O)c1ccccc1. The lowest BCUT2D eigenvalue weighted by Crippen LogP contribution is -2.25. The van der Waals surface area contributed by atoms with Crippen LogP contribution in [0.1, 0.15) is 17.2 Å². The number of nitrogens with one attached hydrogen (secondary N) is 1. The normalized spacial score (nSPS) is 12.1. The number of aliphatic hydroxyl groups excluding tert-OH is 1. The zero-order valence-corrected chi connectivity index (χ0v) is 12.8. The minimum atomic E-state index is -1.43. The molecule has 3 N–H and O–H groups in total. The quantitative estimate of drug-likeness (QED) is 0.433. The monoisotopic (exact) mass is 349 g/mol. The third-order valence-corrected chi connectivity index (χ3v) is 3.24. The number of hydrogen-bond donors (Lipinski definition) is 3. The van der Waals surface area contributed by atoms with Crippen LogP contribution in [0.2, 0.25) is 5.02 Å². The summed E-state index contributed by atoms with van der Waals surface area (Å²) in [6.07, 6.45) is -0.435. The molecule has 0 radical (unpaired) electrons. The third-order valence-electron chi connectivity index (χ3n) is 3.02. The number of amides is 1. The largest absolute Gasteiger partial charge is 0.502 e. The Labute approximate surface area is 141 Å². The molecule has 0 aliphatic carbocycles. The second-order valence-corrected chi connectivity index (χ2v) is 5.10. The highest BCUT2D eigenvalue weighted by Crippen LogP contribution is 2.32. The van der Waals surface area contributed by atoms with Crippen LogP contribution in [0, 0.1) is 10.1 Å². The highest BCUT2D eigenvalue weighted by Gasteiger charge is 2.18. The van der Waals surface area contributed by atoms with Crippen molar-refractivity contribution in [1.29, 1.82) is 0 Å². The lowest BCUT2D eigenvalue weighted by atomic mass is 10.1. The van der Waals surface area contributed by atoms with Gasteiger partial charge in [0.1, 0.15) is 0 Å². The first-order valence-electron chi connectivity index (χ1n) is 6.63. The molecule has 24 heavy (non-hydrogen) atoms. The number of rotatable bonds is 5. The number of phenols is 1. The minimum Gasteiger partial charge on any atom is -0.502 e. The summed E-state index contributed by atoms with van der Waals surface area (Å²) in [6.45, 7) is 0. The van der Waals surface area contributed by atoms with Crippen molar-refractivity contribution in [3.8, 4) is 5.75 Å². The molecular weight excluding hydrogens is 338 g/mol. The van der Waals surface area contributed by atoms with Crippen molar-refractivity contribution in [2.75, 3.05) is 0 Å². The van der Waals surface area contributed by atoms with Crippen molar-refractivity contribution in [2.24, 2.45) is 5.10 Å². The van der Waals surface area contributed by atoms with Crippen LogP contribution < -0.4 is 5.43 Å². The maximum Gasteiger partial charge on any atom is 0.312 e. The summed E-state index contributed by atoms with van der Waals surface area (Å²) in [7, 11) is 0. The Morgan fingerprint density at radius 1 is 1.33 bits per heavy atom. The Bertz CT molecular complexity index is 795. The average molecular weight is 350 g/mol. The van der Waals surface area contributed by atoms with E-state index in [2.05, 4.69) is 10.5 Å². The number of benzene rings is 2. The van der Waals surface area contributed by atoms with Gasteiger partial charge in [0.2, 0.25) is 5.75 Å². The van der Waals surface area contributed by atoms with E-state index in [1.165, 1.54) is 6.07 Å². The molecule has 8 nitrogen and oxygen atoms in total. The maximum absolute atomic E-state index is 11.8. The Hall–Kier alpha value is -2.97. The van der Waals surface area contributed by atoms with Crippen LogP contribution in [0.5, 0.6) is 5.75 Å². The first kappa shape index (κ1) is 17.4. The molecule has 2 aromatic carbocycles. The number of nitro groups is 1. The van der Waals surface area contributed by atoms with E-state index in [1.54, 1.807) is 30.3 Å².